The molecule has 6 heteroatoms. The van der Waals surface area contributed by atoms with Gasteiger partial charge in [-0.3, -0.25) is 9.69 Å². The summed E-state index contributed by atoms with van der Waals surface area (Å²) >= 11 is 1.76. The summed E-state index contributed by atoms with van der Waals surface area (Å²) in [7, 11) is 0. The minimum Gasteiger partial charge on any atom is -0.284 e. The van der Waals surface area contributed by atoms with E-state index < -0.39 is 0 Å². The third-order valence-corrected chi connectivity index (χ3v) is 6.55. The fourth-order valence-corrected chi connectivity index (χ4v) is 5.07. The first-order chi connectivity index (χ1) is 12.3. The molecule has 5 rings (SSSR count). The SMILES string of the molecule is O=c1cccnn1-c1ccc2nc(C3(N4CC=CC4)CCC3)sc2c1. The molecule has 0 spiro atoms. The Morgan fingerprint density at radius 2 is 1.96 bits per heavy atom. The summed E-state index contributed by atoms with van der Waals surface area (Å²) in [4.78, 5) is 19.5. The summed E-state index contributed by atoms with van der Waals surface area (Å²) in [6.07, 6.45) is 9.76. The van der Waals surface area contributed by atoms with Gasteiger partial charge in [0.1, 0.15) is 5.01 Å². The van der Waals surface area contributed by atoms with E-state index in [1.54, 1.807) is 23.6 Å². The van der Waals surface area contributed by atoms with E-state index in [1.807, 2.05) is 18.2 Å². The lowest BCUT2D eigenvalue weighted by atomic mass is 9.76. The van der Waals surface area contributed by atoms with E-state index in [-0.39, 0.29) is 11.1 Å². The quantitative estimate of drug-likeness (QED) is 0.681. The molecule has 2 aromatic heterocycles. The van der Waals surface area contributed by atoms with E-state index in [1.165, 1.54) is 35.0 Å². The number of fused-ring (bicyclic) bond motifs is 1. The topological polar surface area (TPSA) is 51.0 Å². The Labute approximate surface area is 149 Å². The van der Waals surface area contributed by atoms with Crippen LogP contribution in [0.4, 0.5) is 0 Å². The van der Waals surface area contributed by atoms with Gasteiger partial charge in [0, 0.05) is 25.4 Å². The molecule has 1 aliphatic heterocycles. The van der Waals surface area contributed by atoms with Crippen LogP contribution in [-0.4, -0.2) is 32.8 Å². The van der Waals surface area contributed by atoms with Gasteiger partial charge < -0.3 is 0 Å². The monoisotopic (exact) mass is 350 g/mol. The van der Waals surface area contributed by atoms with Gasteiger partial charge in [0.15, 0.2) is 0 Å². The number of hydrogen-bond donors (Lipinski definition) is 0. The predicted octanol–water partition coefficient (Wildman–Crippen LogP) is 3.09. The van der Waals surface area contributed by atoms with Crippen molar-refractivity contribution in [3.05, 3.63) is 64.0 Å². The molecular weight excluding hydrogens is 332 g/mol. The Morgan fingerprint density at radius 1 is 1.12 bits per heavy atom. The van der Waals surface area contributed by atoms with Crippen molar-refractivity contribution in [3.63, 3.8) is 0 Å². The van der Waals surface area contributed by atoms with Crippen LogP contribution in [0.5, 0.6) is 0 Å². The van der Waals surface area contributed by atoms with E-state index in [0.717, 1.165) is 29.0 Å². The van der Waals surface area contributed by atoms with Gasteiger partial charge in [-0.1, -0.05) is 12.2 Å². The Balaban J connectivity index is 1.58. The summed E-state index contributed by atoms with van der Waals surface area (Å²) in [5.74, 6) is 0. The van der Waals surface area contributed by atoms with Crippen molar-refractivity contribution in [1.82, 2.24) is 19.7 Å². The fourth-order valence-electron chi connectivity index (χ4n) is 3.80. The molecule has 0 saturated heterocycles. The molecule has 0 amide bonds. The largest absolute Gasteiger partial charge is 0.284 e. The van der Waals surface area contributed by atoms with Crippen LogP contribution >= 0.6 is 11.3 Å². The van der Waals surface area contributed by atoms with Gasteiger partial charge in [-0.2, -0.15) is 9.78 Å². The predicted molar refractivity (Wildman–Crippen MR) is 99.3 cm³/mol. The fraction of sp³-hybridized carbons (Fsp3) is 0.316. The smallest absolute Gasteiger partial charge is 0.271 e. The first kappa shape index (κ1) is 15.0. The zero-order valence-corrected chi connectivity index (χ0v) is 14.6. The number of benzene rings is 1. The molecule has 1 fully saturated rings. The molecule has 3 heterocycles. The Bertz CT molecular complexity index is 1020. The highest BCUT2D eigenvalue weighted by molar-refractivity contribution is 7.18. The minimum absolute atomic E-state index is 0.106. The first-order valence-electron chi connectivity index (χ1n) is 8.62. The van der Waals surface area contributed by atoms with E-state index in [4.69, 9.17) is 4.98 Å². The van der Waals surface area contributed by atoms with E-state index >= 15 is 0 Å². The van der Waals surface area contributed by atoms with Crippen molar-refractivity contribution in [1.29, 1.82) is 0 Å². The molecule has 25 heavy (non-hydrogen) atoms. The average molecular weight is 350 g/mol. The lowest BCUT2D eigenvalue weighted by Gasteiger charge is -2.47. The van der Waals surface area contributed by atoms with Gasteiger partial charge in [-0.25, -0.2) is 4.98 Å². The Hall–Kier alpha value is -2.31. The molecule has 0 N–H and O–H groups in total. The average Bonchev–Trinajstić information content (AvgIpc) is 3.24. The highest BCUT2D eigenvalue weighted by atomic mass is 32.1. The number of thiazole rings is 1. The van der Waals surface area contributed by atoms with Crippen LogP contribution in [0, 0.1) is 0 Å². The van der Waals surface area contributed by atoms with E-state index in [2.05, 4.69) is 22.2 Å². The van der Waals surface area contributed by atoms with Gasteiger partial charge >= 0.3 is 0 Å². The Morgan fingerprint density at radius 3 is 2.68 bits per heavy atom. The first-order valence-corrected chi connectivity index (χ1v) is 9.44. The standard InChI is InChI=1S/C19H18N4OS/c24-17-5-3-10-20-23(17)14-6-7-15-16(13-14)25-18(21-15)19(8-4-9-19)22-11-1-2-12-22/h1-3,5-7,10,13H,4,8-9,11-12H2. The molecule has 126 valence electrons. The molecule has 3 aromatic rings. The Kier molecular flexibility index (Phi) is 3.36. The molecule has 0 bridgehead atoms. The maximum absolute atomic E-state index is 12.0. The normalized spacial score (nSPS) is 19.4. The highest BCUT2D eigenvalue weighted by Crippen LogP contribution is 2.49. The van der Waals surface area contributed by atoms with Gasteiger partial charge in [-0.05, 0) is 43.5 Å². The summed E-state index contributed by atoms with van der Waals surface area (Å²) in [5.41, 5.74) is 1.78. The molecule has 0 atom stereocenters. The van der Waals surface area contributed by atoms with Crippen LogP contribution in [0.2, 0.25) is 0 Å². The molecule has 1 aromatic carbocycles. The van der Waals surface area contributed by atoms with Crippen molar-refractivity contribution in [2.24, 2.45) is 0 Å². The van der Waals surface area contributed by atoms with Crippen LogP contribution in [0.15, 0.2) is 53.5 Å². The van der Waals surface area contributed by atoms with Crippen molar-refractivity contribution < 1.29 is 0 Å². The molecule has 2 aliphatic rings. The lowest BCUT2D eigenvalue weighted by molar-refractivity contribution is 0.0372. The highest BCUT2D eigenvalue weighted by Gasteiger charge is 2.46. The lowest BCUT2D eigenvalue weighted by Crippen LogP contribution is -2.49. The second-order valence-electron chi connectivity index (χ2n) is 6.71. The third-order valence-electron chi connectivity index (χ3n) is 5.33. The summed E-state index contributed by atoms with van der Waals surface area (Å²) in [6, 6.07) is 9.14. The summed E-state index contributed by atoms with van der Waals surface area (Å²) in [5, 5.41) is 5.38. The van der Waals surface area contributed by atoms with Crippen LogP contribution in [0.1, 0.15) is 24.3 Å². The van der Waals surface area contributed by atoms with Gasteiger partial charge in [0.05, 0.1) is 21.4 Å². The van der Waals surface area contributed by atoms with Gasteiger partial charge in [0.25, 0.3) is 5.56 Å². The van der Waals surface area contributed by atoms with Crippen LogP contribution in [0.25, 0.3) is 15.9 Å². The van der Waals surface area contributed by atoms with Crippen molar-refractivity contribution in [2.45, 2.75) is 24.8 Å². The number of rotatable bonds is 3. The maximum Gasteiger partial charge on any atom is 0.271 e. The number of aromatic nitrogens is 3. The van der Waals surface area contributed by atoms with Crippen LogP contribution in [-0.2, 0) is 5.54 Å². The zero-order valence-electron chi connectivity index (χ0n) is 13.8. The van der Waals surface area contributed by atoms with Crippen molar-refractivity contribution >= 4 is 21.6 Å². The number of nitrogens with zero attached hydrogens (tertiary/aromatic N) is 4. The molecule has 1 saturated carbocycles. The summed E-state index contributed by atoms with van der Waals surface area (Å²) < 4.78 is 2.55. The number of hydrogen-bond acceptors (Lipinski definition) is 5. The van der Waals surface area contributed by atoms with Gasteiger partial charge in [-0.15, -0.1) is 11.3 Å². The van der Waals surface area contributed by atoms with E-state index in [9.17, 15) is 4.79 Å². The van der Waals surface area contributed by atoms with Crippen molar-refractivity contribution in [3.8, 4) is 5.69 Å². The summed E-state index contributed by atoms with van der Waals surface area (Å²) in [6.45, 7) is 2.04. The molecular formula is C19H18N4OS. The zero-order chi connectivity index (χ0) is 16.9. The minimum atomic E-state index is -0.120. The van der Waals surface area contributed by atoms with Gasteiger partial charge in [0.2, 0.25) is 0 Å². The maximum atomic E-state index is 12.0. The third kappa shape index (κ3) is 2.28. The molecule has 1 aliphatic carbocycles. The molecule has 0 unspecified atom stereocenters. The second-order valence-corrected chi connectivity index (χ2v) is 7.74. The molecule has 5 nitrogen and oxygen atoms in total. The molecule has 0 radical (unpaired) electrons. The van der Waals surface area contributed by atoms with Crippen LogP contribution < -0.4 is 5.56 Å². The van der Waals surface area contributed by atoms with Crippen LogP contribution in [0.3, 0.4) is 0 Å². The van der Waals surface area contributed by atoms with Crippen molar-refractivity contribution in [2.75, 3.05) is 13.1 Å². The second kappa shape index (κ2) is 5.61. The van der Waals surface area contributed by atoms with E-state index in [0.29, 0.717) is 0 Å².